The topological polar surface area (TPSA) is 109 Å². The van der Waals surface area contributed by atoms with E-state index in [9.17, 15) is 0 Å². The molecular weight excluding hydrogens is 167 g/mol. The first-order valence-corrected chi connectivity index (χ1v) is 3.32. The first-order chi connectivity index (χ1) is 3.15. The molecule has 0 saturated carbocycles. The second kappa shape index (κ2) is 9.32. The molecule has 7 heavy (non-hydrogen) atoms. The maximum atomic E-state index is 8.56. The SMILES string of the molecule is O=C[O-].[O-][As]([O-])[O-]. The molecule has 6 heteroatoms. The summed E-state index contributed by atoms with van der Waals surface area (Å²) in [6.07, 6.45) is 0. The van der Waals surface area contributed by atoms with E-state index in [0.717, 1.165) is 0 Å². The van der Waals surface area contributed by atoms with E-state index in [-0.39, 0.29) is 0 Å². The van der Waals surface area contributed by atoms with Crippen molar-refractivity contribution in [2.45, 2.75) is 0 Å². The molecule has 0 saturated heterocycles. The molecule has 0 aromatic heterocycles. The predicted octanol–water partition coefficient (Wildman–Crippen LogP) is -5.58. The van der Waals surface area contributed by atoms with Crippen LogP contribution in [0.25, 0.3) is 0 Å². The molecule has 0 aliphatic heterocycles. The van der Waals surface area contributed by atoms with Crippen molar-refractivity contribution in [2.75, 3.05) is 0 Å². The fourth-order valence-electron chi connectivity index (χ4n) is 0. The molecule has 0 fully saturated rings. The van der Waals surface area contributed by atoms with Crippen LogP contribution in [0.2, 0.25) is 0 Å². The standard InChI is InChI=1S/CH2O2.AsO3/c2-1-3;2-1(3)4/h1H,(H,2,3);/q;-3/p-1. The summed E-state index contributed by atoms with van der Waals surface area (Å²) in [6, 6.07) is 0. The summed E-state index contributed by atoms with van der Waals surface area (Å²) in [5.41, 5.74) is 0. The summed E-state index contributed by atoms with van der Waals surface area (Å²) in [5, 5.41) is 8.25. The van der Waals surface area contributed by atoms with Crippen molar-refractivity contribution in [1.29, 1.82) is 0 Å². The molecule has 0 unspecified atom stereocenters. The molecule has 0 aliphatic rings. The normalized spacial score (nSPS) is 6.86. The fraction of sp³-hybridized carbons (Fsp3) is 0. The van der Waals surface area contributed by atoms with Crippen molar-refractivity contribution >= 4 is 22.1 Å². The minimum atomic E-state index is -3.94. The summed E-state index contributed by atoms with van der Waals surface area (Å²) >= 11 is -3.94. The van der Waals surface area contributed by atoms with E-state index in [1.54, 1.807) is 0 Å². The Kier molecular flexibility index (Phi) is 13.3. The Balaban J connectivity index is 0. The van der Waals surface area contributed by atoms with Gasteiger partial charge in [-0.15, -0.1) is 0 Å². The number of rotatable bonds is 0. The van der Waals surface area contributed by atoms with Crippen LogP contribution in [-0.2, 0) is 4.79 Å². The molecule has 5 nitrogen and oxygen atoms in total. The Morgan fingerprint density at radius 2 is 1.29 bits per heavy atom. The van der Waals surface area contributed by atoms with Gasteiger partial charge < -0.3 is 9.90 Å². The molecule has 0 aliphatic carbocycles. The van der Waals surface area contributed by atoms with Crippen LogP contribution in [0.4, 0.5) is 0 Å². The van der Waals surface area contributed by atoms with Crippen molar-refractivity contribution in [1.82, 2.24) is 0 Å². The van der Waals surface area contributed by atoms with E-state index in [1.165, 1.54) is 0 Å². The third-order valence-corrected chi connectivity index (χ3v) is 0. The number of carbonyl (C=O) groups is 1. The molecule has 0 rings (SSSR count). The molecule has 0 amide bonds. The molecule has 0 N–H and O–H groups in total. The van der Waals surface area contributed by atoms with Crippen LogP contribution in [0.1, 0.15) is 0 Å². The van der Waals surface area contributed by atoms with Crippen molar-refractivity contribution in [3.63, 3.8) is 0 Å². The Bertz CT molecular complexity index is 32.3. The van der Waals surface area contributed by atoms with Crippen LogP contribution < -0.4 is 17.4 Å². The van der Waals surface area contributed by atoms with Gasteiger partial charge in [-0.25, -0.2) is 0 Å². The van der Waals surface area contributed by atoms with Gasteiger partial charge in [0.1, 0.15) is 0 Å². The predicted molar refractivity (Wildman–Crippen MR) is 11.8 cm³/mol. The van der Waals surface area contributed by atoms with Crippen molar-refractivity contribution in [3.8, 4) is 0 Å². The van der Waals surface area contributed by atoms with E-state index < -0.39 is 22.1 Å². The molecular formula is CHAsO5-4. The van der Waals surface area contributed by atoms with Gasteiger partial charge in [0, 0.05) is 6.47 Å². The number of carboxylic acid groups (broad SMARTS) is 1. The zero-order valence-electron chi connectivity index (χ0n) is 3.07. The van der Waals surface area contributed by atoms with E-state index in [1.807, 2.05) is 0 Å². The zero-order chi connectivity index (χ0) is 6.28. The summed E-state index contributed by atoms with van der Waals surface area (Å²) in [7, 11) is 0. The summed E-state index contributed by atoms with van der Waals surface area (Å²) < 4.78 is 25.7. The van der Waals surface area contributed by atoms with Gasteiger partial charge in [0.05, 0.1) is 0 Å². The van der Waals surface area contributed by atoms with Gasteiger partial charge in [-0.1, -0.05) is 0 Å². The van der Waals surface area contributed by atoms with Gasteiger partial charge in [-0.3, -0.25) is 0 Å². The Morgan fingerprint density at radius 1 is 1.29 bits per heavy atom. The Morgan fingerprint density at radius 3 is 1.29 bits per heavy atom. The average Bonchev–Trinajstić information content (AvgIpc) is 1.33. The maximum absolute atomic E-state index is 8.56. The zero-order valence-corrected chi connectivity index (χ0v) is 4.94. The van der Waals surface area contributed by atoms with Crippen molar-refractivity contribution < 1.29 is 22.2 Å². The molecule has 0 bridgehead atoms. The quantitative estimate of drug-likeness (QED) is 0.264. The number of hydrogen-bond donors (Lipinski definition) is 0. The molecule has 0 aromatic carbocycles. The van der Waals surface area contributed by atoms with Gasteiger partial charge in [-0.2, -0.15) is 0 Å². The number of hydrogen-bond acceptors (Lipinski definition) is 5. The fourth-order valence-corrected chi connectivity index (χ4v) is 0. The summed E-state index contributed by atoms with van der Waals surface area (Å²) in [6.45, 7) is -0.500. The van der Waals surface area contributed by atoms with E-state index in [4.69, 9.17) is 22.2 Å². The van der Waals surface area contributed by atoms with Gasteiger partial charge in [0.2, 0.25) is 0 Å². The van der Waals surface area contributed by atoms with Crippen LogP contribution >= 0.6 is 0 Å². The summed E-state index contributed by atoms with van der Waals surface area (Å²) in [4.78, 5) is 8.25. The molecule has 0 aromatic rings. The minimum absolute atomic E-state index is 0.500. The van der Waals surface area contributed by atoms with Gasteiger partial charge in [0.15, 0.2) is 0 Å². The van der Waals surface area contributed by atoms with E-state index in [2.05, 4.69) is 0 Å². The van der Waals surface area contributed by atoms with Gasteiger partial charge >= 0.3 is 28.0 Å². The van der Waals surface area contributed by atoms with Crippen LogP contribution in [0, 0.1) is 0 Å². The van der Waals surface area contributed by atoms with E-state index in [0.29, 0.717) is 0 Å². The second-order valence-electron chi connectivity index (χ2n) is 0.320. The third kappa shape index (κ3) is 10800. The van der Waals surface area contributed by atoms with Crippen molar-refractivity contribution in [2.24, 2.45) is 0 Å². The Labute approximate surface area is 45.2 Å². The van der Waals surface area contributed by atoms with Crippen molar-refractivity contribution in [3.05, 3.63) is 0 Å². The van der Waals surface area contributed by atoms with E-state index >= 15 is 0 Å². The average molecular weight is 168 g/mol. The molecule has 0 spiro atoms. The summed E-state index contributed by atoms with van der Waals surface area (Å²) in [5.74, 6) is 0. The van der Waals surface area contributed by atoms with Gasteiger partial charge in [-0.05, 0) is 0 Å². The second-order valence-corrected chi connectivity index (χ2v) is 1.26. The first-order valence-electron chi connectivity index (χ1n) is 1.02. The van der Waals surface area contributed by atoms with Crippen LogP contribution in [0.15, 0.2) is 0 Å². The monoisotopic (exact) mass is 168 g/mol. The molecule has 0 radical (unpaired) electrons. The first kappa shape index (κ1) is 10.0. The van der Waals surface area contributed by atoms with Gasteiger partial charge in [0.25, 0.3) is 0 Å². The molecule has 0 atom stereocenters. The molecule has 0 heterocycles. The third-order valence-electron chi connectivity index (χ3n) is 0. The Hall–Kier alpha value is -0.0916. The van der Waals surface area contributed by atoms with Crippen LogP contribution in [0.5, 0.6) is 0 Å². The van der Waals surface area contributed by atoms with Crippen LogP contribution in [0.3, 0.4) is 0 Å². The molecule has 44 valence electrons. The van der Waals surface area contributed by atoms with Crippen LogP contribution in [-0.4, -0.2) is 22.1 Å². The number of carbonyl (C=O) groups excluding carboxylic acids is 1.